The van der Waals surface area contributed by atoms with Crippen molar-refractivity contribution in [3.8, 4) is 11.5 Å². The highest BCUT2D eigenvalue weighted by atomic mass is 16.5. The van der Waals surface area contributed by atoms with Gasteiger partial charge in [0.25, 0.3) is 5.91 Å². The van der Waals surface area contributed by atoms with Crippen molar-refractivity contribution in [2.45, 2.75) is 26.3 Å². The molecule has 7 heteroatoms. The lowest BCUT2D eigenvalue weighted by Gasteiger charge is -2.34. The number of aliphatic carboxylic acids is 1. The number of benzene rings is 1. The van der Waals surface area contributed by atoms with Gasteiger partial charge in [0.15, 0.2) is 18.1 Å². The molecule has 1 atom stereocenters. The quantitative estimate of drug-likeness (QED) is 0.800. The number of fused-ring (bicyclic) bond motifs is 1. The van der Waals surface area contributed by atoms with Crippen LogP contribution in [0.25, 0.3) is 0 Å². The first kappa shape index (κ1) is 15.8. The van der Waals surface area contributed by atoms with Gasteiger partial charge >= 0.3 is 5.97 Å². The van der Waals surface area contributed by atoms with Crippen LogP contribution in [0.3, 0.4) is 0 Å². The normalized spacial score (nSPS) is 14.8. The molecule has 118 valence electrons. The van der Waals surface area contributed by atoms with Gasteiger partial charge in [-0.3, -0.25) is 14.5 Å². The van der Waals surface area contributed by atoms with Crippen LogP contribution in [0.2, 0.25) is 0 Å². The summed E-state index contributed by atoms with van der Waals surface area (Å²) in [6.07, 6.45) is 0.845. The van der Waals surface area contributed by atoms with E-state index >= 15 is 0 Å². The summed E-state index contributed by atoms with van der Waals surface area (Å²) in [5, 5.41) is 9.33. The van der Waals surface area contributed by atoms with Gasteiger partial charge < -0.3 is 14.6 Å². The molecule has 0 saturated heterocycles. The standard InChI is InChI=1S/C15H17NO6/c1-3-10(15(19)20)16-11-5-9(7-17)6-12(21-4-2)14(11)22-8-13(16)18/h5-7,10H,3-4,8H2,1-2H3,(H,19,20). The smallest absolute Gasteiger partial charge is 0.326 e. The molecule has 0 radical (unpaired) electrons. The summed E-state index contributed by atoms with van der Waals surface area (Å²) in [5.41, 5.74) is 0.532. The Balaban J connectivity index is 2.61. The first-order valence-corrected chi connectivity index (χ1v) is 6.97. The second-order valence-electron chi connectivity index (χ2n) is 4.73. The molecular weight excluding hydrogens is 290 g/mol. The minimum Gasteiger partial charge on any atom is -0.490 e. The fraction of sp³-hybridized carbons (Fsp3) is 0.400. The third-order valence-corrected chi connectivity index (χ3v) is 3.35. The molecule has 1 N–H and O–H groups in total. The Kier molecular flexibility index (Phi) is 4.65. The Bertz CT molecular complexity index is 612. The summed E-state index contributed by atoms with van der Waals surface area (Å²) >= 11 is 0. The van der Waals surface area contributed by atoms with E-state index in [4.69, 9.17) is 9.47 Å². The van der Waals surface area contributed by atoms with E-state index in [1.807, 2.05) is 0 Å². The van der Waals surface area contributed by atoms with Crippen molar-refractivity contribution in [2.75, 3.05) is 18.1 Å². The molecule has 0 aliphatic carbocycles. The Morgan fingerprint density at radius 2 is 2.23 bits per heavy atom. The van der Waals surface area contributed by atoms with Crippen LogP contribution < -0.4 is 14.4 Å². The lowest BCUT2D eigenvalue weighted by atomic mass is 10.1. The Labute approximate surface area is 127 Å². The molecule has 7 nitrogen and oxygen atoms in total. The number of anilines is 1. The second kappa shape index (κ2) is 6.46. The van der Waals surface area contributed by atoms with Gasteiger partial charge in [-0.15, -0.1) is 0 Å². The molecule has 1 amide bonds. The van der Waals surface area contributed by atoms with Gasteiger partial charge in [-0.1, -0.05) is 6.92 Å². The number of carbonyl (C=O) groups excluding carboxylic acids is 2. The van der Waals surface area contributed by atoms with E-state index in [-0.39, 0.29) is 30.0 Å². The van der Waals surface area contributed by atoms with Crippen LogP contribution in [0.4, 0.5) is 5.69 Å². The van der Waals surface area contributed by atoms with Crippen molar-refractivity contribution in [2.24, 2.45) is 0 Å². The predicted octanol–water partition coefficient (Wildman–Crippen LogP) is 1.49. The number of aldehydes is 1. The van der Waals surface area contributed by atoms with E-state index < -0.39 is 17.9 Å². The second-order valence-corrected chi connectivity index (χ2v) is 4.73. The summed E-state index contributed by atoms with van der Waals surface area (Å²) in [6.45, 7) is 3.53. The molecule has 0 bridgehead atoms. The number of nitrogens with zero attached hydrogens (tertiary/aromatic N) is 1. The molecule has 1 heterocycles. The van der Waals surface area contributed by atoms with Crippen molar-refractivity contribution >= 4 is 23.9 Å². The van der Waals surface area contributed by atoms with Gasteiger partial charge in [-0.05, 0) is 25.5 Å². The average Bonchev–Trinajstić information content (AvgIpc) is 2.49. The number of rotatable bonds is 6. The molecule has 1 aromatic carbocycles. The summed E-state index contributed by atoms with van der Waals surface area (Å²) in [4.78, 5) is 35.8. The third kappa shape index (κ3) is 2.74. The zero-order valence-corrected chi connectivity index (χ0v) is 12.4. The average molecular weight is 307 g/mol. The first-order valence-electron chi connectivity index (χ1n) is 6.97. The van der Waals surface area contributed by atoms with Gasteiger partial charge in [0.1, 0.15) is 12.3 Å². The van der Waals surface area contributed by atoms with Gasteiger partial charge in [0, 0.05) is 5.56 Å². The van der Waals surface area contributed by atoms with Gasteiger partial charge in [0.05, 0.1) is 12.3 Å². The summed E-state index contributed by atoms with van der Waals surface area (Å²) < 4.78 is 10.8. The minimum atomic E-state index is -1.11. The van der Waals surface area contributed by atoms with Crippen LogP contribution in [-0.2, 0) is 9.59 Å². The van der Waals surface area contributed by atoms with E-state index in [1.54, 1.807) is 13.8 Å². The minimum absolute atomic E-state index is 0.232. The molecule has 1 aliphatic heterocycles. The maximum absolute atomic E-state index is 12.1. The van der Waals surface area contributed by atoms with Gasteiger partial charge in [-0.25, -0.2) is 4.79 Å². The van der Waals surface area contributed by atoms with Crippen LogP contribution in [0.15, 0.2) is 12.1 Å². The van der Waals surface area contributed by atoms with Crippen LogP contribution in [0.5, 0.6) is 11.5 Å². The lowest BCUT2D eigenvalue weighted by Crippen LogP contribution is -2.49. The summed E-state index contributed by atoms with van der Waals surface area (Å²) in [5.74, 6) is -0.975. The molecule has 22 heavy (non-hydrogen) atoms. The molecule has 1 aromatic rings. The van der Waals surface area contributed by atoms with Crippen molar-refractivity contribution in [3.05, 3.63) is 17.7 Å². The molecule has 1 aliphatic rings. The van der Waals surface area contributed by atoms with Crippen molar-refractivity contribution in [1.82, 2.24) is 0 Å². The number of carboxylic acids is 1. The molecule has 0 fully saturated rings. The summed E-state index contributed by atoms with van der Waals surface area (Å²) in [6, 6.07) is 1.92. The molecule has 1 unspecified atom stereocenters. The lowest BCUT2D eigenvalue weighted by molar-refractivity contribution is -0.140. The van der Waals surface area contributed by atoms with Crippen LogP contribution in [0, 0.1) is 0 Å². The molecule has 0 saturated carbocycles. The van der Waals surface area contributed by atoms with Crippen molar-refractivity contribution in [1.29, 1.82) is 0 Å². The maximum Gasteiger partial charge on any atom is 0.326 e. The number of carboxylic acid groups (broad SMARTS) is 1. The van der Waals surface area contributed by atoms with Crippen LogP contribution in [-0.4, -0.2) is 42.5 Å². The van der Waals surface area contributed by atoms with Gasteiger partial charge in [0.2, 0.25) is 0 Å². The zero-order chi connectivity index (χ0) is 16.3. The van der Waals surface area contributed by atoms with Gasteiger partial charge in [-0.2, -0.15) is 0 Å². The molecule has 2 rings (SSSR count). The number of carbonyl (C=O) groups is 3. The Hall–Kier alpha value is -2.57. The number of hydrogen-bond donors (Lipinski definition) is 1. The van der Waals surface area contributed by atoms with E-state index in [0.29, 0.717) is 18.6 Å². The Morgan fingerprint density at radius 3 is 2.77 bits per heavy atom. The summed E-state index contributed by atoms with van der Waals surface area (Å²) in [7, 11) is 0. The highest BCUT2D eigenvalue weighted by molar-refractivity contribution is 6.04. The van der Waals surface area contributed by atoms with E-state index in [0.717, 1.165) is 4.90 Å². The molecule has 0 aromatic heterocycles. The highest BCUT2D eigenvalue weighted by Crippen LogP contribution is 2.42. The number of ether oxygens (including phenoxy) is 2. The monoisotopic (exact) mass is 307 g/mol. The maximum atomic E-state index is 12.1. The first-order chi connectivity index (χ1) is 10.5. The fourth-order valence-electron chi connectivity index (χ4n) is 2.41. The fourth-order valence-corrected chi connectivity index (χ4v) is 2.41. The third-order valence-electron chi connectivity index (χ3n) is 3.35. The topological polar surface area (TPSA) is 93.1 Å². The molecular formula is C15H17NO6. The number of amides is 1. The largest absolute Gasteiger partial charge is 0.490 e. The predicted molar refractivity (Wildman–Crippen MR) is 77.7 cm³/mol. The van der Waals surface area contributed by atoms with E-state index in [9.17, 15) is 19.5 Å². The van der Waals surface area contributed by atoms with Crippen molar-refractivity contribution in [3.63, 3.8) is 0 Å². The van der Waals surface area contributed by atoms with Crippen molar-refractivity contribution < 1.29 is 29.0 Å². The highest BCUT2D eigenvalue weighted by Gasteiger charge is 2.36. The zero-order valence-electron chi connectivity index (χ0n) is 12.4. The SMILES string of the molecule is CCOc1cc(C=O)cc2c1OCC(=O)N2C(CC)C(=O)O. The number of hydrogen-bond acceptors (Lipinski definition) is 5. The van der Waals surface area contributed by atoms with Crippen LogP contribution in [0.1, 0.15) is 30.6 Å². The van der Waals surface area contributed by atoms with E-state index in [2.05, 4.69) is 0 Å². The van der Waals surface area contributed by atoms with Crippen LogP contribution >= 0.6 is 0 Å². The van der Waals surface area contributed by atoms with E-state index in [1.165, 1.54) is 12.1 Å². The Morgan fingerprint density at radius 1 is 1.50 bits per heavy atom. The molecule has 0 spiro atoms.